The maximum Gasteiger partial charge on any atom is 0.257 e. The molecule has 0 bridgehead atoms. The van der Waals surface area contributed by atoms with E-state index in [4.69, 9.17) is 4.74 Å². The number of anilines is 1. The summed E-state index contributed by atoms with van der Waals surface area (Å²) < 4.78 is 5.43. The van der Waals surface area contributed by atoms with E-state index in [2.05, 4.69) is 10.6 Å². The quantitative estimate of drug-likeness (QED) is 0.821. The van der Waals surface area contributed by atoms with Gasteiger partial charge in [-0.05, 0) is 36.2 Å². The zero-order valence-corrected chi connectivity index (χ0v) is 12.1. The summed E-state index contributed by atoms with van der Waals surface area (Å²) in [6.07, 6.45) is 0.823. The molecule has 0 aliphatic rings. The molecule has 4 heteroatoms. The number of amides is 1. The highest BCUT2D eigenvalue weighted by Gasteiger charge is 2.02. The van der Waals surface area contributed by atoms with E-state index in [1.807, 2.05) is 61.6 Å². The fraction of sp³-hybridized carbons (Fsp3) is 0.235. The monoisotopic (exact) mass is 284 g/mol. The number of hydrogen-bond donors (Lipinski definition) is 2. The molecule has 0 aliphatic heterocycles. The summed E-state index contributed by atoms with van der Waals surface area (Å²) in [6.45, 7) is 0.651. The maximum atomic E-state index is 11.7. The molecule has 4 nitrogen and oxygen atoms in total. The summed E-state index contributed by atoms with van der Waals surface area (Å²) in [6, 6.07) is 17.6. The molecule has 0 fully saturated rings. The highest BCUT2D eigenvalue weighted by molar-refractivity contribution is 5.77. The van der Waals surface area contributed by atoms with Crippen LogP contribution < -0.4 is 15.4 Å². The molecule has 0 spiro atoms. The summed E-state index contributed by atoms with van der Waals surface area (Å²) in [5.74, 6) is 0.579. The molecule has 2 aromatic rings. The van der Waals surface area contributed by atoms with Crippen LogP contribution in [0, 0.1) is 0 Å². The first kappa shape index (κ1) is 14.9. The lowest BCUT2D eigenvalue weighted by Crippen LogP contribution is -2.30. The topological polar surface area (TPSA) is 50.4 Å². The predicted molar refractivity (Wildman–Crippen MR) is 84.6 cm³/mol. The van der Waals surface area contributed by atoms with Gasteiger partial charge in [0.15, 0.2) is 6.61 Å². The lowest BCUT2D eigenvalue weighted by atomic mass is 10.1. The van der Waals surface area contributed by atoms with Crippen molar-refractivity contribution in [1.82, 2.24) is 5.32 Å². The molecule has 1 amide bonds. The van der Waals surface area contributed by atoms with Gasteiger partial charge in [0.1, 0.15) is 5.75 Å². The summed E-state index contributed by atoms with van der Waals surface area (Å²) in [4.78, 5) is 11.7. The van der Waals surface area contributed by atoms with Crippen molar-refractivity contribution in [2.75, 3.05) is 25.5 Å². The van der Waals surface area contributed by atoms with Crippen LogP contribution in [0.5, 0.6) is 5.75 Å². The Morgan fingerprint density at radius 1 is 1.05 bits per heavy atom. The van der Waals surface area contributed by atoms with Gasteiger partial charge >= 0.3 is 0 Å². The number of rotatable bonds is 7. The molecule has 0 aliphatic carbocycles. The van der Waals surface area contributed by atoms with Crippen LogP contribution in [0.25, 0.3) is 0 Å². The first-order valence-corrected chi connectivity index (χ1v) is 6.99. The van der Waals surface area contributed by atoms with Crippen LogP contribution in [0.2, 0.25) is 0 Å². The van der Waals surface area contributed by atoms with Crippen molar-refractivity contribution in [2.24, 2.45) is 0 Å². The highest BCUT2D eigenvalue weighted by Crippen LogP contribution is 2.14. The van der Waals surface area contributed by atoms with Crippen LogP contribution in [0.1, 0.15) is 5.56 Å². The Kier molecular flexibility index (Phi) is 5.64. The van der Waals surface area contributed by atoms with E-state index in [1.165, 1.54) is 5.56 Å². The van der Waals surface area contributed by atoms with Crippen molar-refractivity contribution in [3.05, 3.63) is 60.2 Å². The lowest BCUT2D eigenvalue weighted by molar-refractivity contribution is -0.123. The van der Waals surface area contributed by atoms with Crippen molar-refractivity contribution in [3.63, 3.8) is 0 Å². The highest BCUT2D eigenvalue weighted by atomic mass is 16.5. The molecule has 0 saturated carbocycles. The van der Waals surface area contributed by atoms with Gasteiger partial charge in [0, 0.05) is 19.3 Å². The molecule has 0 unspecified atom stereocenters. The van der Waals surface area contributed by atoms with Gasteiger partial charge in [0.2, 0.25) is 0 Å². The number of carbonyl (C=O) groups is 1. The average Bonchev–Trinajstić information content (AvgIpc) is 2.54. The number of nitrogens with one attached hydrogen (secondary N) is 2. The molecular weight excluding hydrogens is 264 g/mol. The molecule has 110 valence electrons. The predicted octanol–water partition coefficient (Wildman–Crippen LogP) is 2.47. The Morgan fingerprint density at radius 2 is 1.76 bits per heavy atom. The third-order valence-corrected chi connectivity index (χ3v) is 3.09. The van der Waals surface area contributed by atoms with Crippen LogP contribution >= 0.6 is 0 Å². The SMILES string of the molecule is CNc1ccc(OCC(=O)NCCc2ccccc2)cc1. The van der Waals surface area contributed by atoms with Gasteiger partial charge in [-0.1, -0.05) is 30.3 Å². The van der Waals surface area contributed by atoms with Crippen LogP contribution in [0.3, 0.4) is 0 Å². The zero-order chi connectivity index (χ0) is 14.9. The van der Waals surface area contributed by atoms with Crippen molar-refractivity contribution in [1.29, 1.82) is 0 Å². The van der Waals surface area contributed by atoms with Gasteiger partial charge in [-0.3, -0.25) is 4.79 Å². The maximum absolute atomic E-state index is 11.7. The Hall–Kier alpha value is -2.49. The number of benzene rings is 2. The van der Waals surface area contributed by atoms with Crippen LogP contribution in [-0.4, -0.2) is 26.1 Å². The van der Waals surface area contributed by atoms with E-state index in [-0.39, 0.29) is 12.5 Å². The Bertz CT molecular complexity index is 553. The smallest absolute Gasteiger partial charge is 0.257 e. The normalized spacial score (nSPS) is 9.95. The summed E-state index contributed by atoms with van der Waals surface area (Å²) in [7, 11) is 1.86. The average molecular weight is 284 g/mol. The van der Waals surface area contributed by atoms with Crippen molar-refractivity contribution >= 4 is 11.6 Å². The molecule has 2 aromatic carbocycles. The standard InChI is InChI=1S/C17H20N2O2/c1-18-15-7-9-16(10-8-15)21-13-17(20)19-12-11-14-5-3-2-4-6-14/h2-10,18H,11-13H2,1H3,(H,19,20). The minimum absolute atomic E-state index is 0.0354. The van der Waals surface area contributed by atoms with E-state index < -0.39 is 0 Å². The van der Waals surface area contributed by atoms with Gasteiger partial charge < -0.3 is 15.4 Å². The summed E-state index contributed by atoms with van der Waals surface area (Å²) in [5, 5.41) is 5.88. The third-order valence-electron chi connectivity index (χ3n) is 3.09. The van der Waals surface area contributed by atoms with E-state index in [1.54, 1.807) is 0 Å². The van der Waals surface area contributed by atoms with Crippen LogP contribution in [0.4, 0.5) is 5.69 Å². The Balaban J connectivity index is 1.67. The van der Waals surface area contributed by atoms with E-state index in [0.717, 1.165) is 12.1 Å². The minimum atomic E-state index is -0.108. The van der Waals surface area contributed by atoms with Crippen molar-refractivity contribution in [3.8, 4) is 5.75 Å². The zero-order valence-electron chi connectivity index (χ0n) is 12.1. The van der Waals surface area contributed by atoms with Gasteiger partial charge in [0.25, 0.3) is 5.91 Å². The molecule has 2 N–H and O–H groups in total. The second kappa shape index (κ2) is 7.94. The van der Waals surface area contributed by atoms with E-state index in [0.29, 0.717) is 12.3 Å². The Labute approximate surface area is 125 Å². The molecule has 0 aromatic heterocycles. The molecule has 2 rings (SSSR count). The first-order chi connectivity index (χ1) is 10.3. The summed E-state index contributed by atoms with van der Waals surface area (Å²) >= 11 is 0. The lowest BCUT2D eigenvalue weighted by Gasteiger charge is -2.08. The fourth-order valence-electron chi connectivity index (χ4n) is 1.91. The van der Waals surface area contributed by atoms with Crippen LogP contribution in [0.15, 0.2) is 54.6 Å². The van der Waals surface area contributed by atoms with Crippen molar-refractivity contribution < 1.29 is 9.53 Å². The first-order valence-electron chi connectivity index (χ1n) is 6.99. The molecule has 0 heterocycles. The van der Waals surface area contributed by atoms with Crippen LogP contribution in [-0.2, 0) is 11.2 Å². The van der Waals surface area contributed by atoms with Crippen molar-refractivity contribution in [2.45, 2.75) is 6.42 Å². The molecule has 0 saturated heterocycles. The van der Waals surface area contributed by atoms with Gasteiger partial charge in [-0.15, -0.1) is 0 Å². The van der Waals surface area contributed by atoms with E-state index in [9.17, 15) is 4.79 Å². The Morgan fingerprint density at radius 3 is 2.43 bits per heavy atom. The number of hydrogen-bond acceptors (Lipinski definition) is 3. The molecule has 21 heavy (non-hydrogen) atoms. The molecule has 0 radical (unpaired) electrons. The number of carbonyl (C=O) groups excluding carboxylic acids is 1. The second-order valence-electron chi connectivity index (χ2n) is 4.65. The third kappa shape index (κ3) is 5.18. The summed E-state index contributed by atoms with van der Waals surface area (Å²) in [5.41, 5.74) is 2.22. The minimum Gasteiger partial charge on any atom is -0.484 e. The number of ether oxygens (including phenoxy) is 1. The van der Waals surface area contributed by atoms with Gasteiger partial charge in [-0.25, -0.2) is 0 Å². The van der Waals surface area contributed by atoms with E-state index >= 15 is 0 Å². The van der Waals surface area contributed by atoms with Gasteiger partial charge in [0.05, 0.1) is 0 Å². The second-order valence-corrected chi connectivity index (χ2v) is 4.65. The molecular formula is C17H20N2O2. The largest absolute Gasteiger partial charge is 0.484 e. The molecule has 0 atom stereocenters. The fourth-order valence-corrected chi connectivity index (χ4v) is 1.91. The van der Waals surface area contributed by atoms with Gasteiger partial charge in [-0.2, -0.15) is 0 Å².